The molecule has 0 spiro atoms. The fraction of sp³-hybridized carbons (Fsp3) is 0.364. The molecule has 0 saturated heterocycles. The summed E-state index contributed by atoms with van der Waals surface area (Å²) in [6.07, 6.45) is 0. The maximum Gasteiger partial charge on any atom is 0.335 e. The fourth-order valence-electron chi connectivity index (χ4n) is 1.20. The smallest absolute Gasteiger partial charge is 0.335 e. The summed E-state index contributed by atoms with van der Waals surface area (Å²) in [4.78, 5) is 10.7. The molecule has 76 valence electrons. The molecule has 1 rings (SSSR count). The first-order valence-corrected chi connectivity index (χ1v) is 5.71. The molecule has 0 aromatic heterocycles. The van der Waals surface area contributed by atoms with Crippen LogP contribution in [0.25, 0.3) is 0 Å². The maximum absolute atomic E-state index is 10.7. The number of thioether (sulfide) groups is 1. The molecule has 0 bridgehead atoms. The van der Waals surface area contributed by atoms with Crippen LogP contribution in [0.1, 0.15) is 28.4 Å². The number of aromatic carboxylic acids is 1. The van der Waals surface area contributed by atoms with E-state index in [1.165, 1.54) is 5.56 Å². The minimum absolute atomic E-state index is 0.368. The standard InChI is InChI=1S/C11H14O2S/c1-3-14-7-10-5-4-9(11(12)13)6-8(10)2/h4-6H,3,7H2,1-2H3,(H,12,13). The van der Waals surface area contributed by atoms with Crippen molar-refractivity contribution in [3.8, 4) is 0 Å². The average molecular weight is 210 g/mol. The highest BCUT2D eigenvalue weighted by atomic mass is 32.2. The zero-order valence-electron chi connectivity index (χ0n) is 8.41. The van der Waals surface area contributed by atoms with Gasteiger partial charge in [-0.15, -0.1) is 0 Å². The highest BCUT2D eigenvalue weighted by molar-refractivity contribution is 7.98. The van der Waals surface area contributed by atoms with E-state index in [0.717, 1.165) is 17.1 Å². The van der Waals surface area contributed by atoms with E-state index in [9.17, 15) is 4.79 Å². The Balaban J connectivity index is 2.84. The first-order chi connectivity index (χ1) is 6.65. The molecule has 0 saturated carbocycles. The highest BCUT2D eigenvalue weighted by Crippen LogP contribution is 2.17. The van der Waals surface area contributed by atoms with Crippen LogP contribution >= 0.6 is 11.8 Å². The Kier molecular flexibility index (Phi) is 4.01. The second-order valence-electron chi connectivity index (χ2n) is 3.08. The lowest BCUT2D eigenvalue weighted by Crippen LogP contribution is -1.98. The van der Waals surface area contributed by atoms with Crippen LogP contribution in [0.5, 0.6) is 0 Å². The molecule has 14 heavy (non-hydrogen) atoms. The topological polar surface area (TPSA) is 37.3 Å². The third-order valence-corrected chi connectivity index (χ3v) is 2.97. The molecule has 0 unspecified atom stereocenters. The Labute approximate surface area is 88.3 Å². The number of aryl methyl sites for hydroxylation is 1. The molecule has 1 aromatic carbocycles. The van der Waals surface area contributed by atoms with Gasteiger partial charge >= 0.3 is 5.97 Å². The van der Waals surface area contributed by atoms with E-state index in [0.29, 0.717) is 5.56 Å². The van der Waals surface area contributed by atoms with Crippen molar-refractivity contribution in [3.05, 3.63) is 34.9 Å². The van der Waals surface area contributed by atoms with Crippen LogP contribution in [-0.2, 0) is 5.75 Å². The lowest BCUT2D eigenvalue weighted by Gasteiger charge is -2.05. The molecule has 0 aliphatic heterocycles. The fourth-order valence-corrected chi connectivity index (χ4v) is 1.95. The summed E-state index contributed by atoms with van der Waals surface area (Å²) in [7, 11) is 0. The zero-order valence-corrected chi connectivity index (χ0v) is 9.23. The summed E-state index contributed by atoms with van der Waals surface area (Å²) in [5, 5.41) is 8.77. The molecule has 2 nitrogen and oxygen atoms in total. The summed E-state index contributed by atoms with van der Waals surface area (Å²) in [5.41, 5.74) is 2.65. The Morgan fingerprint density at radius 2 is 2.21 bits per heavy atom. The monoisotopic (exact) mass is 210 g/mol. The van der Waals surface area contributed by atoms with Crippen LogP contribution in [0.4, 0.5) is 0 Å². The number of hydrogen-bond acceptors (Lipinski definition) is 2. The van der Waals surface area contributed by atoms with E-state index in [-0.39, 0.29) is 0 Å². The summed E-state index contributed by atoms with van der Waals surface area (Å²) < 4.78 is 0. The second kappa shape index (κ2) is 5.05. The molecule has 0 amide bonds. The third-order valence-electron chi connectivity index (χ3n) is 2.05. The van der Waals surface area contributed by atoms with E-state index in [1.54, 1.807) is 12.1 Å². The van der Waals surface area contributed by atoms with Gasteiger partial charge in [-0.2, -0.15) is 11.8 Å². The van der Waals surface area contributed by atoms with E-state index in [1.807, 2.05) is 24.8 Å². The van der Waals surface area contributed by atoms with Gasteiger partial charge in [0.25, 0.3) is 0 Å². The van der Waals surface area contributed by atoms with Crippen molar-refractivity contribution >= 4 is 17.7 Å². The number of benzene rings is 1. The molecular weight excluding hydrogens is 196 g/mol. The van der Waals surface area contributed by atoms with Crippen molar-refractivity contribution in [2.24, 2.45) is 0 Å². The van der Waals surface area contributed by atoms with E-state index >= 15 is 0 Å². The second-order valence-corrected chi connectivity index (χ2v) is 4.36. The number of carbonyl (C=O) groups is 1. The molecule has 0 radical (unpaired) electrons. The van der Waals surface area contributed by atoms with Crippen LogP contribution in [0, 0.1) is 6.92 Å². The van der Waals surface area contributed by atoms with Crippen LogP contribution in [-0.4, -0.2) is 16.8 Å². The van der Waals surface area contributed by atoms with E-state index in [2.05, 4.69) is 6.92 Å². The minimum Gasteiger partial charge on any atom is -0.478 e. The van der Waals surface area contributed by atoms with Crippen molar-refractivity contribution in [1.29, 1.82) is 0 Å². The maximum atomic E-state index is 10.7. The normalized spacial score (nSPS) is 10.1. The zero-order chi connectivity index (χ0) is 10.6. The third kappa shape index (κ3) is 2.77. The van der Waals surface area contributed by atoms with Gasteiger partial charge in [0.1, 0.15) is 0 Å². The largest absolute Gasteiger partial charge is 0.478 e. The van der Waals surface area contributed by atoms with Gasteiger partial charge in [-0.25, -0.2) is 4.79 Å². The Morgan fingerprint density at radius 1 is 1.50 bits per heavy atom. The van der Waals surface area contributed by atoms with Crippen molar-refractivity contribution in [2.75, 3.05) is 5.75 Å². The molecular formula is C11H14O2S. The molecule has 0 fully saturated rings. The Hall–Kier alpha value is -0.960. The van der Waals surface area contributed by atoms with Gasteiger partial charge in [-0.05, 0) is 35.9 Å². The number of carboxylic acids is 1. The molecule has 0 heterocycles. The van der Waals surface area contributed by atoms with Crippen molar-refractivity contribution in [2.45, 2.75) is 19.6 Å². The SMILES string of the molecule is CCSCc1ccc(C(=O)O)cc1C. The summed E-state index contributed by atoms with van der Waals surface area (Å²) >= 11 is 1.84. The van der Waals surface area contributed by atoms with E-state index in [4.69, 9.17) is 5.11 Å². The quantitative estimate of drug-likeness (QED) is 0.830. The lowest BCUT2D eigenvalue weighted by atomic mass is 10.1. The first kappa shape index (κ1) is 11.1. The van der Waals surface area contributed by atoms with Gasteiger partial charge in [0.15, 0.2) is 0 Å². The van der Waals surface area contributed by atoms with Gasteiger partial charge in [0.2, 0.25) is 0 Å². The van der Waals surface area contributed by atoms with Crippen molar-refractivity contribution in [1.82, 2.24) is 0 Å². The molecule has 0 atom stereocenters. The van der Waals surface area contributed by atoms with Crippen LogP contribution < -0.4 is 0 Å². The predicted molar refractivity (Wildman–Crippen MR) is 60.0 cm³/mol. The lowest BCUT2D eigenvalue weighted by molar-refractivity contribution is 0.0697. The van der Waals surface area contributed by atoms with Crippen LogP contribution in [0.2, 0.25) is 0 Å². The van der Waals surface area contributed by atoms with Gasteiger partial charge in [-0.3, -0.25) is 0 Å². The molecule has 0 aliphatic rings. The molecule has 3 heteroatoms. The number of hydrogen-bond donors (Lipinski definition) is 1. The summed E-state index contributed by atoms with van der Waals surface area (Å²) in [5.74, 6) is 1.19. The number of carboxylic acid groups (broad SMARTS) is 1. The van der Waals surface area contributed by atoms with Gasteiger partial charge in [-0.1, -0.05) is 13.0 Å². The molecule has 0 aliphatic carbocycles. The Morgan fingerprint density at radius 3 is 2.71 bits per heavy atom. The molecule has 1 N–H and O–H groups in total. The number of rotatable bonds is 4. The van der Waals surface area contributed by atoms with Crippen molar-refractivity contribution in [3.63, 3.8) is 0 Å². The van der Waals surface area contributed by atoms with E-state index < -0.39 is 5.97 Å². The van der Waals surface area contributed by atoms with Gasteiger partial charge < -0.3 is 5.11 Å². The average Bonchev–Trinajstić information content (AvgIpc) is 2.15. The van der Waals surface area contributed by atoms with Gasteiger partial charge in [0.05, 0.1) is 5.56 Å². The summed E-state index contributed by atoms with van der Waals surface area (Å²) in [6, 6.07) is 5.30. The van der Waals surface area contributed by atoms with Crippen LogP contribution in [0.3, 0.4) is 0 Å². The predicted octanol–water partition coefficient (Wildman–Crippen LogP) is 2.95. The Bertz CT molecular complexity index is 334. The van der Waals surface area contributed by atoms with Gasteiger partial charge in [0, 0.05) is 5.75 Å². The van der Waals surface area contributed by atoms with Crippen LogP contribution in [0.15, 0.2) is 18.2 Å². The highest BCUT2D eigenvalue weighted by Gasteiger charge is 2.04. The minimum atomic E-state index is -0.859. The van der Waals surface area contributed by atoms with Crippen molar-refractivity contribution < 1.29 is 9.90 Å². The summed E-state index contributed by atoms with van der Waals surface area (Å²) in [6.45, 7) is 4.07. The molecule has 1 aromatic rings. The first-order valence-electron chi connectivity index (χ1n) is 4.55.